The van der Waals surface area contributed by atoms with E-state index in [1.165, 1.54) is 5.56 Å². The minimum absolute atomic E-state index is 0.0220. The van der Waals surface area contributed by atoms with Crippen LogP contribution in [0.2, 0.25) is 0 Å². The molecule has 0 radical (unpaired) electrons. The molecule has 4 heteroatoms. The highest BCUT2D eigenvalue weighted by atomic mass is 16.1. The van der Waals surface area contributed by atoms with Crippen LogP contribution in [0.5, 0.6) is 0 Å². The Kier molecular flexibility index (Phi) is 3.21. The molecule has 0 unspecified atom stereocenters. The SMILES string of the molecule is C[C@@H]1C(=O)C(C#N)=C[C@]2(C)c3[nH]nc(-c4ccccc4)c3CC[C@@H]12. The summed E-state index contributed by atoms with van der Waals surface area (Å²) in [5, 5.41) is 17.2. The number of nitrogens with one attached hydrogen (secondary N) is 1. The van der Waals surface area contributed by atoms with Crippen molar-refractivity contribution in [2.75, 3.05) is 0 Å². The van der Waals surface area contributed by atoms with Crippen molar-refractivity contribution < 1.29 is 4.79 Å². The van der Waals surface area contributed by atoms with Crippen LogP contribution in [0.15, 0.2) is 42.0 Å². The average molecular weight is 317 g/mol. The van der Waals surface area contributed by atoms with Crippen molar-refractivity contribution >= 4 is 5.78 Å². The normalized spacial score (nSPS) is 28.5. The summed E-state index contributed by atoms with van der Waals surface area (Å²) in [7, 11) is 0. The van der Waals surface area contributed by atoms with E-state index in [1.54, 1.807) is 0 Å². The van der Waals surface area contributed by atoms with Crippen LogP contribution < -0.4 is 0 Å². The number of aromatic amines is 1. The standard InChI is InChI=1S/C20H19N3O/c1-12-16-9-8-15-17(13-6-4-3-5-7-13)22-23-19(15)20(16,2)10-14(11-21)18(12)24/h3-7,10,12,16H,8-9H2,1-2H3,(H,22,23)/t12-,16-,20-/m0/s1. The van der Waals surface area contributed by atoms with Crippen LogP contribution in [0.4, 0.5) is 0 Å². The van der Waals surface area contributed by atoms with E-state index < -0.39 is 0 Å². The van der Waals surface area contributed by atoms with Gasteiger partial charge in [-0.15, -0.1) is 0 Å². The topological polar surface area (TPSA) is 69.5 Å². The van der Waals surface area contributed by atoms with Gasteiger partial charge in [0.15, 0.2) is 5.78 Å². The van der Waals surface area contributed by atoms with Gasteiger partial charge in [0.1, 0.15) is 6.07 Å². The number of Topliss-reactive ketones (excluding diaryl/α,β-unsaturated/α-hetero) is 1. The molecule has 120 valence electrons. The quantitative estimate of drug-likeness (QED) is 0.874. The number of aromatic nitrogens is 2. The molecule has 2 aliphatic rings. The first-order valence-corrected chi connectivity index (χ1v) is 8.36. The molecule has 1 N–H and O–H groups in total. The molecule has 0 fully saturated rings. The Balaban J connectivity index is 1.89. The van der Waals surface area contributed by atoms with Crippen LogP contribution in [-0.4, -0.2) is 16.0 Å². The van der Waals surface area contributed by atoms with E-state index in [2.05, 4.69) is 35.3 Å². The smallest absolute Gasteiger partial charge is 0.176 e. The first kappa shape index (κ1) is 14.9. The fourth-order valence-corrected chi connectivity index (χ4v) is 4.51. The molecule has 1 aromatic carbocycles. The largest absolute Gasteiger partial charge is 0.293 e. The number of nitrogens with zero attached hydrogens (tertiary/aromatic N) is 2. The fourth-order valence-electron chi connectivity index (χ4n) is 4.51. The summed E-state index contributed by atoms with van der Waals surface area (Å²) in [4.78, 5) is 12.4. The number of H-pyrrole nitrogens is 1. The lowest BCUT2D eigenvalue weighted by Gasteiger charge is -2.44. The molecule has 1 heterocycles. The monoisotopic (exact) mass is 317 g/mol. The maximum absolute atomic E-state index is 12.4. The number of ketones is 1. The average Bonchev–Trinajstić information content (AvgIpc) is 3.04. The zero-order valence-corrected chi connectivity index (χ0v) is 13.8. The lowest BCUT2D eigenvalue weighted by molar-refractivity contribution is -0.121. The zero-order chi connectivity index (χ0) is 16.9. The van der Waals surface area contributed by atoms with E-state index in [9.17, 15) is 10.1 Å². The van der Waals surface area contributed by atoms with Crippen molar-refractivity contribution in [2.45, 2.75) is 32.1 Å². The fraction of sp³-hybridized carbons (Fsp3) is 0.350. The lowest BCUT2D eigenvalue weighted by Crippen LogP contribution is -2.45. The molecule has 24 heavy (non-hydrogen) atoms. The summed E-state index contributed by atoms with van der Waals surface area (Å²) in [6, 6.07) is 12.2. The minimum Gasteiger partial charge on any atom is -0.293 e. The highest BCUT2D eigenvalue weighted by Crippen LogP contribution is 2.50. The molecule has 2 aromatic rings. The molecule has 0 aliphatic heterocycles. The second-order valence-corrected chi connectivity index (χ2v) is 7.04. The van der Waals surface area contributed by atoms with E-state index in [4.69, 9.17) is 0 Å². The van der Waals surface area contributed by atoms with Crippen molar-refractivity contribution in [3.8, 4) is 17.3 Å². The Morgan fingerprint density at radius 2 is 2.08 bits per heavy atom. The van der Waals surface area contributed by atoms with Gasteiger partial charge in [0.2, 0.25) is 0 Å². The summed E-state index contributed by atoms with van der Waals surface area (Å²) < 4.78 is 0. The minimum atomic E-state index is -0.341. The van der Waals surface area contributed by atoms with Crippen molar-refractivity contribution in [2.24, 2.45) is 11.8 Å². The van der Waals surface area contributed by atoms with Crippen LogP contribution in [-0.2, 0) is 16.6 Å². The molecule has 0 saturated heterocycles. The Bertz CT molecular complexity index is 887. The van der Waals surface area contributed by atoms with Gasteiger partial charge < -0.3 is 0 Å². The number of rotatable bonds is 1. The van der Waals surface area contributed by atoms with Crippen molar-refractivity contribution in [1.29, 1.82) is 5.26 Å². The molecule has 0 saturated carbocycles. The van der Waals surface area contributed by atoms with Crippen molar-refractivity contribution in [3.05, 3.63) is 53.2 Å². The van der Waals surface area contributed by atoms with Gasteiger partial charge >= 0.3 is 0 Å². The number of benzene rings is 1. The molecular formula is C20H19N3O. The van der Waals surface area contributed by atoms with Crippen molar-refractivity contribution in [3.63, 3.8) is 0 Å². The number of carbonyl (C=O) groups excluding carboxylic acids is 1. The summed E-state index contributed by atoms with van der Waals surface area (Å²) in [5.41, 5.74) is 4.30. The Morgan fingerprint density at radius 1 is 1.33 bits per heavy atom. The number of hydrogen-bond acceptors (Lipinski definition) is 3. The summed E-state index contributed by atoms with van der Waals surface area (Å²) in [6.07, 6.45) is 3.71. The second kappa shape index (κ2) is 5.17. The van der Waals surface area contributed by atoms with Crippen LogP contribution in [0.25, 0.3) is 11.3 Å². The van der Waals surface area contributed by atoms with E-state index in [-0.39, 0.29) is 28.6 Å². The molecular weight excluding hydrogens is 298 g/mol. The first-order valence-electron chi connectivity index (χ1n) is 8.36. The van der Waals surface area contributed by atoms with Gasteiger partial charge in [0, 0.05) is 28.2 Å². The molecule has 4 rings (SSSR count). The van der Waals surface area contributed by atoms with Gasteiger partial charge in [-0.05, 0) is 18.8 Å². The predicted octanol–water partition coefficient (Wildman–Crippen LogP) is 3.57. The van der Waals surface area contributed by atoms with E-state index in [1.807, 2.05) is 31.2 Å². The Hall–Kier alpha value is -2.67. The summed E-state index contributed by atoms with van der Waals surface area (Å²) in [6.45, 7) is 4.08. The van der Waals surface area contributed by atoms with Crippen LogP contribution in [0.3, 0.4) is 0 Å². The van der Waals surface area contributed by atoms with Gasteiger partial charge in [-0.3, -0.25) is 9.89 Å². The maximum atomic E-state index is 12.4. The van der Waals surface area contributed by atoms with Gasteiger partial charge in [-0.2, -0.15) is 10.4 Å². The molecule has 3 atom stereocenters. The van der Waals surface area contributed by atoms with Gasteiger partial charge in [0.05, 0.1) is 11.3 Å². The number of allylic oxidation sites excluding steroid dienone is 2. The third-order valence-electron chi connectivity index (χ3n) is 5.78. The van der Waals surface area contributed by atoms with Crippen LogP contribution in [0.1, 0.15) is 31.5 Å². The summed E-state index contributed by atoms with van der Waals surface area (Å²) >= 11 is 0. The van der Waals surface area contributed by atoms with E-state index in [0.717, 1.165) is 29.8 Å². The Labute approximate surface area is 141 Å². The van der Waals surface area contributed by atoms with Crippen LogP contribution >= 0.6 is 0 Å². The molecule has 0 bridgehead atoms. The van der Waals surface area contributed by atoms with E-state index >= 15 is 0 Å². The lowest BCUT2D eigenvalue weighted by atomic mass is 9.58. The van der Waals surface area contributed by atoms with E-state index in [0.29, 0.717) is 0 Å². The second-order valence-electron chi connectivity index (χ2n) is 7.04. The highest BCUT2D eigenvalue weighted by molar-refractivity contribution is 6.02. The number of fused-ring (bicyclic) bond motifs is 3. The predicted molar refractivity (Wildman–Crippen MR) is 91.1 cm³/mol. The number of hydrogen-bond donors (Lipinski definition) is 1. The first-order chi connectivity index (χ1) is 11.6. The third kappa shape index (κ3) is 1.91. The van der Waals surface area contributed by atoms with Gasteiger partial charge in [-0.25, -0.2) is 0 Å². The third-order valence-corrected chi connectivity index (χ3v) is 5.78. The number of nitriles is 1. The Morgan fingerprint density at radius 3 is 2.79 bits per heavy atom. The van der Waals surface area contributed by atoms with Crippen LogP contribution in [0, 0.1) is 23.2 Å². The number of carbonyl (C=O) groups is 1. The maximum Gasteiger partial charge on any atom is 0.176 e. The van der Waals surface area contributed by atoms with Crippen molar-refractivity contribution in [1.82, 2.24) is 10.2 Å². The molecule has 0 spiro atoms. The molecule has 2 aliphatic carbocycles. The summed E-state index contributed by atoms with van der Waals surface area (Å²) in [5.74, 6) is 0.0520. The van der Waals surface area contributed by atoms with Gasteiger partial charge in [-0.1, -0.05) is 50.3 Å². The molecule has 4 nitrogen and oxygen atoms in total. The van der Waals surface area contributed by atoms with Gasteiger partial charge in [0.25, 0.3) is 0 Å². The zero-order valence-electron chi connectivity index (χ0n) is 13.8. The highest BCUT2D eigenvalue weighted by Gasteiger charge is 2.49. The molecule has 1 aromatic heterocycles. The molecule has 0 amide bonds.